The number of benzene rings is 8. The largest absolute Gasteiger partial charge is 0.457 e. The summed E-state index contributed by atoms with van der Waals surface area (Å²) in [4.78, 5) is 10.5. The van der Waals surface area contributed by atoms with Crippen LogP contribution in [0.2, 0.25) is 0 Å². The van der Waals surface area contributed by atoms with E-state index in [1.807, 2.05) is 6.07 Å². The fourth-order valence-corrected chi connectivity index (χ4v) is 9.66. The van der Waals surface area contributed by atoms with Crippen molar-refractivity contribution in [2.75, 3.05) is 0 Å². The highest BCUT2D eigenvalue weighted by atomic mass is 16.5. The molecule has 1 aliphatic heterocycles. The predicted molar refractivity (Wildman–Crippen MR) is 231 cm³/mol. The number of hydrogen-bond donors (Lipinski definition) is 0. The van der Waals surface area contributed by atoms with Gasteiger partial charge in [-0.2, -0.15) is 0 Å². The van der Waals surface area contributed by atoms with Gasteiger partial charge in [-0.1, -0.05) is 152 Å². The van der Waals surface area contributed by atoms with E-state index in [0.717, 1.165) is 68.3 Å². The van der Waals surface area contributed by atoms with E-state index in [1.165, 1.54) is 44.2 Å². The van der Waals surface area contributed by atoms with Crippen LogP contribution >= 0.6 is 0 Å². The molecule has 0 radical (unpaired) electrons. The first kappa shape index (κ1) is 31.9. The van der Waals surface area contributed by atoms with Crippen LogP contribution in [-0.2, 0) is 11.8 Å². The van der Waals surface area contributed by atoms with Crippen molar-refractivity contribution in [3.63, 3.8) is 0 Å². The molecule has 2 heterocycles. The monoisotopic (exact) mass is 726 g/mol. The molecule has 9 aromatic rings. The van der Waals surface area contributed by atoms with Crippen molar-refractivity contribution >= 4 is 16.8 Å². The highest BCUT2D eigenvalue weighted by molar-refractivity contribution is 5.98. The molecule has 0 fully saturated rings. The molecule has 0 bridgehead atoms. The lowest BCUT2D eigenvalue weighted by Crippen LogP contribution is -2.32. The lowest BCUT2D eigenvalue weighted by Gasteiger charge is -2.39. The molecule has 0 atom stereocenters. The maximum atomic E-state index is 6.72. The summed E-state index contributed by atoms with van der Waals surface area (Å²) in [6.07, 6.45) is 5.46. The average molecular weight is 727 g/mol. The highest BCUT2D eigenvalue weighted by Crippen LogP contribution is 2.62. The first-order valence-electron chi connectivity index (χ1n) is 19.6. The van der Waals surface area contributed by atoms with Crippen LogP contribution in [0.5, 0.6) is 11.5 Å². The molecule has 8 aromatic carbocycles. The van der Waals surface area contributed by atoms with Crippen LogP contribution < -0.4 is 4.74 Å². The fraction of sp³-hybridized carbons (Fsp3) is 0.0370. The third-order valence-electron chi connectivity index (χ3n) is 12.1. The molecule has 0 amide bonds. The van der Waals surface area contributed by atoms with Crippen LogP contribution in [0.15, 0.2) is 188 Å². The van der Waals surface area contributed by atoms with E-state index in [1.54, 1.807) is 0 Å². The maximum Gasteiger partial charge on any atom is 0.160 e. The number of nitrogens with zero attached hydrogens (tertiary/aromatic N) is 2. The van der Waals surface area contributed by atoms with Gasteiger partial charge in [-0.05, 0) is 104 Å². The first-order valence-corrected chi connectivity index (χ1v) is 19.6. The Morgan fingerprint density at radius 1 is 0.439 bits per heavy atom. The Morgan fingerprint density at radius 3 is 1.91 bits per heavy atom. The first-order chi connectivity index (χ1) is 28.2. The van der Waals surface area contributed by atoms with E-state index in [9.17, 15) is 0 Å². The molecule has 12 rings (SSSR count). The molecule has 57 heavy (non-hydrogen) atoms. The normalized spacial score (nSPS) is 13.8. The van der Waals surface area contributed by atoms with Crippen molar-refractivity contribution < 1.29 is 4.74 Å². The molecule has 3 aliphatic rings. The Bertz CT molecular complexity index is 3100. The van der Waals surface area contributed by atoms with Gasteiger partial charge in [-0.3, -0.25) is 0 Å². The van der Waals surface area contributed by atoms with Crippen LogP contribution in [0.3, 0.4) is 0 Å². The van der Waals surface area contributed by atoms with Gasteiger partial charge in [0.25, 0.3) is 0 Å². The van der Waals surface area contributed by atoms with Gasteiger partial charge in [-0.15, -0.1) is 0 Å². The lowest BCUT2D eigenvalue weighted by atomic mass is 9.66. The number of aromatic nitrogens is 2. The summed E-state index contributed by atoms with van der Waals surface area (Å²) in [6, 6.07) is 65.3. The van der Waals surface area contributed by atoms with E-state index >= 15 is 0 Å². The van der Waals surface area contributed by atoms with Crippen LogP contribution in [0.25, 0.3) is 73.0 Å². The van der Waals surface area contributed by atoms with Crippen molar-refractivity contribution in [1.29, 1.82) is 0 Å². The second-order valence-corrected chi connectivity index (χ2v) is 15.2. The molecule has 3 nitrogen and oxygen atoms in total. The van der Waals surface area contributed by atoms with E-state index < -0.39 is 5.41 Å². The average Bonchev–Trinajstić information content (AvgIpc) is 3.57. The Hall–Kier alpha value is -7.36. The highest BCUT2D eigenvalue weighted by Gasteiger charge is 2.51. The number of allylic oxidation sites excluding steroid dienone is 1. The van der Waals surface area contributed by atoms with Gasteiger partial charge in [0.05, 0.1) is 16.8 Å². The second kappa shape index (κ2) is 12.3. The SMILES string of the molecule is C1=Cc2cc(-c3cc(-c4ccccc4)nc(-c4cccc(-c5ccc6c(c5)C5(c7ccccc7O6)c6ccccc6-c6ccccc65)c4)n3)cc3cccc(c23)C1. The van der Waals surface area contributed by atoms with Crippen LogP contribution in [-0.4, -0.2) is 9.97 Å². The molecule has 1 spiro atoms. The summed E-state index contributed by atoms with van der Waals surface area (Å²) in [6.45, 7) is 0. The molecule has 0 unspecified atom stereocenters. The number of hydrogen-bond acceptors (Lipinski definition) is 3. The summed E-state index contributed by atoms with van der Waals surface area (Å²) >= 11 is 0. The molecule has 2 aliphatic carbocycles. The minimum atomic E-state index is -0.526. The van der Waals surface area contributed by atoms with Crippen LogP contribution in [0.4, 0.5) is 0 Å². The van der Waals surface area contributed by atoms with Gasteiger partial charge in [0.1, 0.15) is 11.5 Å². The van der Waals surface area contributed by atoms with E-state index in [2.05, 4.69) is 188 Å². The van der Waals surface area contributed by atoms with Crippen molar-refractivity contribution in [2.45, 2.75) is 11.8 Å². The third kappa shape index (κ3) is 4.79. The minimum absolute atomic E-state index is 0.526. The summed E-state index contributed by atoms with van der Waals surface area (Å²) in [5.41, 5.74) is 16.6. The van der Waals surface area contributed by atoms with Gasteiger partial charge in [-0.25, -0.2) is 9.97 Å². The zero-order chi connectivity index (χ0) is 37.5. The van der Waals surface area contributed by atoms with Crippen molar-refractivity contribution in [2.24, 2.45) is 0 Å². The molecule has 3 heteroatoms. The lowest BCUT2D eigenvalue weighted by molar-refractivity contribution is 0.436. The Balaban J connectivity index is 1.03. The van der Waals surface area contributed by atoms with Crippen molar-refractivity contribution in [1.82, 2.24) is 9.97 Å². The standard InChI is InChI=1S/C54H34N2O/c1-2-13-34(14-3-1)48-33-49(41-30-38-18-10-15-35-16-11-19-39(31-41)52(35)38)56-53(55-48)40-20-12-17-36(29-40)37-27-28-51-47(32-37)54(46-25-8-9-26-50(46)57-51)44-23-6-4-21-42(44)43-22-5-7-24-45(43)54/h1-15,17-33H,16H2. The smallest absolute Gasteiger partial charge is 0.160 e. The maximum absolute atomic E-state index is 6.72. The van der Waals surface area contributed by atoms with Gasteiger partial charge in [0.2, 0.25) is 0 Å². The molecular weight excluding hydrogens is 693 g/mol. The van der Waals surface area contributed by atoms with Crippen molar-refractivity contribution in [3.05, 3.63) is 221 Å². The third-order valence-corrected chi connectivity index (χ3v) is 12.1. The summed E-state index contributed by atoms with van der Waals surface area (Å²) in [7, 11) is 0. The molecule has 0 N–H and O–H groups in total. The number of rotatable bonds is 4. The van der Waals surface area contributed by atoms with Gasteiger partial charge in [0, 0.05) is 27.8 Å². The second-order valence-electron chi connectivity index (χ2n) is 15.2. The summed E-state index contributed by atoms with van der Waals surface area (Å²) in [5.74, 6) is 2.46. The molecular formula is C54H34N2O. The zero-order valence-electron chi connectivity index (χ0n) is 31.0. The Kier molecular flexibility index (Phi) is 6.91. The van der Waals surface area contributed by atoms with E-state index in [-0.39, 0.29) is 0 Å². The minimum Gasteiger partial charge on any atom is -0.457 e. The number of para-hydroxylation sites is 1. The number of ether oxygens (including phenoxy) is 1. The van der Waals surface area contributed by atoms with Crippen LogP contribution in [0.1, 0.15) is 33.4 Å². The molecule has 0 saturated heterocycles. The Labute approximate surface area is 331 Å². The summed E-state index contributed by atoms with van der Waals surface area (Å²) in [5, 5.41) is 2.57. The fourth-order valence-electron chi connectivity index (χ4n) is 9.66. The van der Waals surface area contributed by atoms with Gasteiger partial charge >= 0.3 is 0 Å². The van der Waals surface area contributed by atoms with Gasteiger partial charge < -0.3 is 4.74 Å². The van der Waals surface area contributed by atoms with Crippen LogP contribution in [0, 0.1) is 0 Å². The number of fused-ring (bicyclic) bond motifs is 9. The van der Waals surface area contributed by atoms with E-state index in [0.29, 0.717) is 5.82 Å². The summed E-state index contributed by atoms with van der Waals surface area (Å²) < 4.78 is 6.72. The zero-order valence-corrected chi connectivity index (χ0v) is 31.0. The predicted octanol–water partition coefficient (Wildman–Crippen LogP) is 13.3. The molecule has 0 saturated carbocycles. The van der Waals surface area contributed by atoms with E-state index in [4.69, 9.17) is 14.7 Å². The topological polar surface area (TPSA) is 35.0 Å². The quantitative estimate of drug-likeness (QED) is 0.181. The van der Waals surface area contributed by atoms with Crippen molar-refractivity contribution in [3.8, 4) is 67.7 Å². The Morgan fingerprint density at radius 2 is 1.09 bits per heavy atom. The molecule has 1 aromatic heterocycles. The van der Waals surface area contributed by atoms with Gasteiger partial charge in [0.15, 0.2) is 5.82 Å². The molecule has 266 valence electrons.